The molecular weight excluding hydrogens is 214 g/mol. The molecule has 1 aromatic carbocycles. The number of likely N-dealkylation sites (N-methyl/N-ethyl adjacent to an activating group) is 1. The summed E-state index contributed by atoms with van der Waals surface area (Å²) in [5, 5.41) is 0. The number of ether oxygens (including phenoxy) is 1. The predicted molar refractivity (Wildman–Crippen MR) is 68.9 cm³/mol. The van der Waals surface area contributed by atoms with Crippen molar-refractivity contribution in [3.05, 3.63) is 23.8 Å². The van der Waals surface area contributed by atoms with Crippen molar-refractivity contribution in [2.24, 2.45) is 0 Å². The number of rotatable bonds is 4. The van der Waals surface area contributed by atoms with E-state index in [1.165, 1.54) is 11.3 Å². The van der Waals surface area contributed by atoms with E-state index in [0.29, 0.717) is 6.42 Å². The first-order valence-corrected chi connectivity index (χ1v) is 6.08. The van der Waals surface area contributed by atoms with E-state index >= 15 is 0 Å². The Morgan fingerprint density at radius 2 is 2.29 bits per heavy atom. The maximum Gasteiger partial charge on any atom is 0.130 e. The highest BCUT2D eigenvalue weighted by Gasteiger charge is 2.31. The number of nitrogens with zero attached hydrogens (tertiary/aromatic N) is 1. The molecule has 17 heavy (non-hydrogen) atoms. The lowest BCUT2D eigenvalue weighted by atomic mass is 9.95. The van der Waals surface area contributed by atoms with Crippen LogP contribution in [0.15, 0.2) is 18.2 Å². The number of anilines is 1. The molecule has 0 radical (unpaired) electrons. The number of Topliss-reactive ketones (excluding diaryl/α,β-unsaturated/α-hetero) is 1. The van der Waals surface area contributed by atoms with Gasteiger partial charge in [0.2, 0.25) is 0 Å². The van der Waals surface area contributed by atoms with Crippen molar-refractivity contribution in [2.75, 3.05) is 25.1 Å². The number of methoxy groups -OCH3 is 1. The Morgan fingerprint density at radius 1 is 1.53 bits per heavy atom. The highest BCUT2D eigenvalue weighted by Crippen LogP contribution is 2.43. The summed E-state index contributed by atoms with van der Waals surface area (Å²) < 4.78 is 5.42. The number of carbonyl (C=O) groups is 1. The summed E-state index contributed by atoms with van der Waals surface area (Å²) in [5.74, 6) is 1.42. The third-order valence-electron chi connectivity index (χ3n) is 3.37. The van der Waals surface area contributed by atoms with Gasteiger partial charge in [-0.05, 0) is 26.0 Å². The van der Waals surface area contributed by atoms with E-state index in [2.05, 4.69) is 17.9 Å². The first-order chi connectivity index (χ1) is 8.17. The summed E-state index contributed by atoms with van der Waals surface area (Å²) in [6.45, 7) is 5.68. The van der Waals surface area contributed by atoms with Gasteiger partial charge >= 0.3 is 0 Å². The SMILES string of the molecule is CCN1CC(CC(C)=O)c2c(OC)cccc21. The molecule has 3 heteroatoms. The molecule has 0 spiro atoms. The molecule has 0 amide bonds. The van der Waals surface area contributed by atoms with Crippen LogP contribution in [-0.2, 0) is 4.79 Å². The van der Waals surface area contributed by atoms with Crippen LogP contribution < -0.4 is 9.64 Å². The van der Waals surface area contributed by atoms with Gasteiger partial charge in [0.1, 0.15) is 11.5 Å². The van der Waals surface area contributed by atoms with E-state index in [1.54, 1.807) is 14.0 Å². The van der Waals surface area contributed by atoms with E-state index in [-0.39, 0.29) is 11.7 Å². The Kier molecular flexibility index (Phi) is 3.36. The van der Waals surface area contributed by atoms with Gasteiger partial charge in [0.15, 0.2) is 0 Å². The smallest absolute Gasteiger partial charge is 0.130 e. The van der Waals surface area contributed by atoms with E-state index < -0.39 is 0 Å². The van der Waals surface area contributed by atoms with Gasteiger partial charge in [-0.1, -0.05) is 6.07 Å². The number of ketones is 1. The maximum atomic E-state index is 11.3. The second-order valence-electron chi connectivity index (χ2n) is 4.53. The van der Waals surface area contributed by atoms with Crippen LogP contribution in [0.25, 0.3) is 0 Å². The number of benzene rings is 1. The molecule has 2 rings (SSSR count). The molecule has 0 saturated carbocycles. The van der Waals surface area contributed by atoms with Crippen molar-refractivity contribution in [3.63, 3.8) is 0 Å². The first-order valence-electron chi connectivity index (χ1n) is 6.08. The fourth-order valence-corrected chi connectivity index (χ4v) is 2.67. The van der Waals surface area contributed by atoms with E-state index in [1.807, 2.05) is 12.1 Å². The summed E-state index contributed by atoms with van der Waals surface area (Å²) >= 11 is 0. The minimum Gasteiger partial charge on any atom is -0.496 e. The topological polar surface area (TPSA) is 29.5 Å². The highest BCUT2D eigenvalue weighted by atomic mass is 16.5. The fraction of sp³-hybridized carbons (Fsp3) is 0.500. The predicted octanol–water partition coefficient (Wildman–Crippen LogP) is 2.60. The normalized spacial score (nSPS) is 18.1. The Hall–Kier alpha value is -1.51. The largest absolute Gasteiger partial charge is 0.496 e. The average Bonchev–Trinajstić information content (AvgIpc) is 2.66. The van der Waals surface area contributed by atoms with Crippen LogP contribution in [-0.4, -0.2) is 26.0 Å². The summed E-state index contributed by atoms with van der Waals surface area (Å²) in [6, 6.07) is 6.10. The van der Waals surface area contributed by atoms with Gasteiger partial charge in [-0.3, -0.25) is 0 Å². The van der Waals surface area contributed by atoms with Crippen molar-refractivity contribution in [1.82, 2.24) is 0 Å². The number of hydrogen-bond donors (Lipinski definition) is 0. The highest BCUT2D eigenvalue weighted by molar-refractivity contribution is 5.78. The van der Waals surface area contributed by atoms with E-state index in [0.717, 1.165) is 18.8 Å². The van der Waals surface area contributed by atoms with Crippen molar-refractivity contribution >= 4 is 11.5 Å². The fourth-order valence-electron chi connectivity index (χ4n) is 2.67. The lowest BCUT2D eigenvalue weighted by Gasteiger charge is -2.16. The Morgan fingerprint density at radius 3 is 2.88 bits per heavy atom. The minimum atomic E-state index is 0.241. The van der Waals surface area contributed by atoms with Crippen molar-refractivity contribution in [2.45, 2.75) is 26.2 Å². The molecule has 1 unspecified atom stereocenters. The molecule has 0 fully saturated rings. The third kappa shape index (κ3) is 2.14. The molecule has 1 heterocycles. The van der Waals surface area contributed by atoms with Crippen molar-refractivity contribution in [3.8, 4) is 5.75 Å². The van der Waals surface area contributed by atoms with E-state index in [4.69, 9.17) is 4.74 Å². The molecule has 0 N–H and O–H groups in total. The summed E-state index contributed by atoms with van der Waals surface area (Å²) in [6.07, 6.45) is 0.601. The molecule has 0 bridgehead atoms. The van der Waals surface area contributed by atoms with Crippen LogP contribution in [0.5, 0.6) is 5.75 Å². The van der Waals surface area contributed by atoms with Gasteiger partial charge in [-0.15, -0.1) is 0 Å². The van der Waals surface area contributed by atoms with Crippen molar-refractivity contribution < 1.29 is 9.53 Å². The number of hydrogen-bond acceptors (Lipinski definition) is 3. The van der Waals surface area contributed by atoms with Gasteiger partial charge in [0, 0.05) is 36.7 Å². The Bertz CT molecular complexity index is 428. The van der Waals surface area contributed by atoms with Crippen LogP contribution >= 0.6 is 0 Å². The Balaban J connectivity index is 2.41. The van der Waals surface area contributed by atoms with Crippen LogP contribution in [0.2, 0.25) is 0 Å². The van der Waals surface area contributed by atoms with Crippen LogP contribution in [0.3, 0.4) is 0 Å². The lowest BCUT2D eigenvalue weighted by Crippen LogP contribution is -2.21. The average molecular weight is 233 g/mol. The molecule has 0 aromatic heterocycles. The van der Waals surface area contributed by atoms with Crippen LogP contribution in [0.1, 0.15) is 31.7 Å². The van der Waals surface area contributed by atoms with Gasteiger partial charge in [0.25, 0.3) is 0 Å². The van der Waals surface area contributed by atoms with Gasteiger partial charge < -0.3 is 14.4 Å². The summed E-state index contributed by atoms with van der Waals surface area (Å²) in [5.41, 5.74) is 2.42. The summed E-state index contributed by atoms with van der Waals surface area (Å²) in [4.78, 5) is 13.7. The zero-order valence-electron chi connectivity index (χ0n) is 10.7. The maximum absolute atomic E-state index is 11.3. The van der Waals surface area contributed by atoms with Crippen LogP contribution in [0.4, 0.5) is 5.69 Å². The van der Waals surface area contributed by atoms with Gasteiger partial charge in [0.05, 0.1) is 7.11 Å². The standard InChI is InChI=1S/C14H19NO2/c1-4-15-9-11(8-10(2)16)14-12(15)6-5-7-13(14)17-3/h5-7,11H,4,8-9H2,1-3H3. The monoisotopic (exact) mass is 233 g/mol. The molecule has 92 valence electrons. The molecule has 0 aliphatic carbocycles. The molecule has 3 nitrogen and oxygen atoms in total. The minimum absolute atomic E-state index is 0.241. The van der Waals surface area contributed by atoms with Gasteiger partial charge in [-0.25, -0.2) is 0 Å². The number of carbonyl (C=O) groups excluding carboxylic acids is 1. The molecule has 1 aromatic rings. The first kappa shape index (κ1) is 12.0. The third-order valence-corrected chi connectivity index (χ3v) is 3.37. The summed E-state index contributed by atoms with van der Waals surface area (Å²) in [7, 11) is 1.69. The van der Waals surface area contributed by atoms with Gasteiger partial charge in [-0.2, -0.15) is 0 Å². The molecule has 0 saturated heterocycles. The Labute approximate surface area is 102 Å². The zero-order valence-corrected chi connectivity index (χ0v) is 10.7. The zero-order chi connectivity index (χ0) is 12.4. The molecule has 1 atom stereocenters. The second-order valence-corrected chi connectivity index (χ2v) is 4.53. The lowest BCUT2D eigenvalue weighted by molar-refractivity contribution is -0.117. The van der Waals surface area contributed by atoms with Crippen molar-refractivity contribution in [1.29, 1.82) is 0 Å². The molecule has 1 aliphatic heterocycles. The van der Waals surface area contributed by atoms with Crippen LogP contribution in [0, 0.1) is 0 Å². The quantitative estimate of drug-likeness (QED) is 0.800. The number of fused-ring (bicyclic) bond motifs is 1. The second kappa shape index (κ2) is 4.78. The van der Waals surface area contributed by atoms with E-state index in [9.17, 15) is 4.79 Å². The molecule has 1 aliphatic rings. The molecular formula is C14H19NO2.